The minimum Gasteiger partial charge on any atom is -0.312 e. The van der Waals surface area contributed by atoms with Gasteiger partial charge < -0.3 is 5.32 Å². The van der Waals surface area contributed by atoms with E-state index in [1.165, 1.54) is 6.26 Å². The molecule has 0 radical (unpaired) electrons. The van der Waals surface area contributed by atoms with E-state index in [0.29, 0.717) is 30.8 Å². The van der Waals surface area contributed by atoms with Gasteiger partial charge in [-0.15, -0.1) is 0 Å². The molecule has 0 spiro atoms. The van der Waals surface area contributed by atoms with Crippen LogP contribution in [0.3, 0.4) is 0 Å². The Balaban J connectivity index is 2.45. The van der Waals surface area contributed by atoms with Gasteiger partial charge in [-0.05, 0) is 64.3 Å². The first-order valence-corrected chi connectivity index (χ1v) is 10.0. The lowest BCUT2D eigenvalue weighted by Gasteiger charge is -2.34. The van der Waals surface area contributed by atoms with Crippen molar-refractivity contribution < 1.29 is 8.42 Å². The lowest BCUT2D eigenvalue weighted by atomic mass is 9.83. The molecule has 0 aromatic carbocycles. The van der Waals surface area contributed by atoms with Gasteiger partial charge >= 0.3 is 0 Å². The van der Waals surface area contributed by atoms with Gasteiger partial charge in [-0.2, -0.15) is 0 Å². The molecule has 4 nitrogen and oxygen atoms in total. The van der Waals surface area contributed by atoms with Gasteiger partial charge in [0.1, 0.15) is 0 Å². The lowest BCUT2D eigenvalue weighted by molar-refractivity contribution is 0.206. The molecular formula is C16H34N2O2S. The number of nitrogens with zero attached hydrogens (tertiary/aromatic N) is 1. The SMILES string of the molecule is CC(CNC(C)(C)C)C(C)CC1CCCN(S(C)(=O)=O)C1. The van der Waals surface area contributed by atoms with Gasteiger partial charge in [0, 0.05) is 18.6 Å². The van der Waals surface area contributed by atoms with Crippen molar-refractivity contribution in [2.45, 2.75) is 59.4 Å². The van der Waals surface area contributed by atoms with Crippen LogP contribution in [-0.2, 0) is 10.0 Å². The maximum Gasteiger partial charge on any atom is 0.211 e. The third-order valence-electron chi connectivity index (χ3n) is 4.58. The Morgan fingerprint density at radius 2 is 1.86 bits per heavy atom. The molecule has 1 N–H and O–H groups in total. The van der Waals surface area contributed by atoms with E-state index in [4.69, 9.17) is 0 Å². The summed E-state index contributed by atoms with van der Waals surface area (Å²) < 4.78 is 25.0. The van der Waals surface area contributed by atoms with Crippen LogP contribution < -0.4 is 5.32 Å². The molecule has 126 valence electrons. The number of rotatable bonds is 6. The summed E-state index contributed by atoms with van der Waals surface area (Å²) in [4.78, 5) is 0. The van der Waals surface area contributed by atoms with Crippen molar-refractivity contribution >= 4 is 10.0 Å². The Hall–Kier alpha value is -0.130. The predicted molar refractivity (Wildman–Crippen MR) is 89.8 cm³/mol. The summed E-state index contributed by atoms with van der Waals surface area (Å²) in [7, 11) is -3.02. The summed E-state index contributed by atoms with van der Waals surface area (Å²) >= 11 is 0. The van der Waals surface area contributed by atoms with Gasteiger partial charge in [0.2, 0.25) is 10.0 Å². The Bertz CT molecular complexity index is 414. The van der Waals surface area contributed by atoms with Crippen LogP contribution in [0.25, 0.3) is 0 Å². The maximum atomic E-state index is 11.7. The van der Waals surface area contributed by atoms with Crippen LogP contribution in [0.5, 0.6) is 0 Å². The molecule has 0 aliphatic carbocycles. The monoisotopic (exact) mass is 318 g/mol. The highest BCUT2D eigenvalue weighted by Gasteiger charge is 2.28. The first-order valence-electron chi connectivity index (χ1n) is 8.19. The highest BCUT2D eigenvalue weighted by molar-refractivity contribution is 7.88. The average molecular weight is 319 g/mol. The summed E-state index contributed by atoms with van der Waals surface area (Å²) in [6.07, 6.45) is 4.61. The van der Waals surface area contributed by atoms with Crippen LogP contribution >= 0.6 is 0 Å². The summed E-state index contributed by atoms with van der Waals surface area (Å²) in [6, 6.07) is 0. The summed E-state index contributed by atoms with van der Waals surface area (Å²) in [5.41, 5.74) is 0.159. The van der Waals surface area contributed by atoms with Crippen molar-refractivity contribution in [3.05, 3.63) is 0 Å². The van der Waals surface area contributed by atoms with Crippen LogP contribution in [-0.4, -0.2) is 44.2 Å². The molecule has 1 rings (SSSR count). The van der Waals surface area contributed by atoms with Gasteiger partial charge in [0.05, 0.1) is 6.26 Å². The van der Waals surface area contributed by atoms with Crippen LogP contribution in [0.1, 0.15) is 53.9 Å². The molecule has 0 bridgehead atoms. The van der Waals surface area contributed by atoms with Gasteiger partial charge in [0.15, 0.2) is 0 Å². The topological polar surface area (TPSA) is 49.4 Å². The standard InChI is InChI=1S/C16H34N2O2S/c1-13(14(2)11-17-16(3,4)5)10-15-8-7-9-18(12-15)21(6,19)20/h13-15,17H,7-12H2,1-6H3. The fourth-order valence-corrected chi connectivity index (χ4v) is 3.89. The smallest absolute Gasteiger partial charge is 0.211 e. The maximum absolute atomic E-state index is 11.7. The Morgan fingerprint density at radius 1 is 1.24 bits per heavy atom. The number of sulfonamides is 1. The molecule has 0 amide bonds. The second-order valence-corrected chi connectivity index (χ2v) is 9.93. The van der Waals surface area contributed by atoms with Gasteiger partial charge in [-0.25, -0.2) is 12.7 Å². The first kappa shape index (κ1) is 18.9. The molecule has 1 aliphatic rings. The highest BCUT2D eigenvalue weighted by atomic mass is 32.2. The molecule has 3 atom stereocenters. The van der Waals surface area contributed by atoms with E-state index < -0.39 is 10.0 Å². The minimum absolute atomic E-state index is 0.159. The van der Waals surface area contributed by atoms with Crippen molar-refractivity contribution in [2.24, 2.45) is 17.8 Å². The molecule has 3 unspecified atom stereocenters. The van der Waals surface area contributed by atoms with E-state index in [0.717, 1.165) is 25.8 Å². The van der Waals surface area contributed by atoms with Crippen molar-refractivity contribution in [3.8, 4) is 0 Å². The molecular weight excluding hydrogens is 284 g/mol. The molecule has 1 fully saturated rings. The summed E-state index contributed by atoms with van der Waals surface area (Å²) in [5.74, 6) is 1.74. The Labute approximate surface area is 131 Å². The third kappa shape index (κ3) is 7.11. The van der Waals surface area contributed by atoms with Crippen LogP contribution in [0.15, 0.2) is 0 Å². The second kappa shape index (κ2) is 7.42. The zero-order valence-corrected chi connectivity index (χ0v) is 15.5. The molecule has 0 aromatic rings. The fraction of sp³-hybridized carbons (Fsp3) is 1.00. The summed E-state index contributed by atoms with van der Waals surface area (Å²) in [5, 5.41) is 3.57. The largest absolute Gasteiger partial charge is 0.312 e. The van der Waals surface area contributed by atoms with Crippen molar-refractivity contribution in [2.75, 3.05) is 25.9 Å². The Kier molecular flexibility index (Phi) is 6.69. The van der Waals surface area contributed by atoms with Gasteiger partial charge in [-0.1, -0.05) is 13.8 Å². The minimum atomic E-state index is -3.02. The molecule has 5 heteroatoms. The normalized spacial score (nSPS) is 24.8. The molecule has 1 saturated heterocycles. The number of nitrogens with one attached hydrogen (secondary N) is 1. The third-order valence-corrected chi connectivity index (χ3v) is 5.85. The van der Waals surface area contributed by atoms with E-state index in [2.05, 4.69) is 39.9 Å². The van der Waals surface area contributed by atoms with E-state index >= 15 is 0 Å². The quantitative estimate of drug-likeness (QED) is 0.819. The molecule has 0 aromatic heterocycles. The van der Waals surface area contributed by atoms with Crippen molar-refractivity contribution in [3.63, 3.8) is 0 Å². The lowest BCUT2D eigenvalue weighted by Crippen LogP contribution is -2.41. The van der Waals surface area contributed by atoms with Crippen LogP contribution in [0.2, 0.25) is 0 Å². The van der Waals surface area contributed by atoms with Crippen LogP contribution in [0, 0.1) is 17.8 Å². The number of piperidine rings is 1. The fourth-order valence-electron chi connectivity index (χ4n) is 2.95. The van der Waals surface area contributed by atoms with E-state index in [1.807, 2.05) is 0 Å². The predicted octanol–water partition coefficient (Wildman–Crippen LogP) is 2.71. The van der Waals surface area contributed by atoms with E-state index in [9.17, 15) is 8.42 Å². The summed E-state index contributed by atoms with van der Waals surface area (Å²) in [6.45, 7) is 13.6. The highest BCUT2D eigenvalue weighted by Crippen LogP contribution is 2.27. The number of hydrogen-bond acceptors (Lipinski definition) is 3. The van der Waals surface area contributed by atoms with Crippen molar-refractivity contribution in [1.29, 1.82) is 0 Å². The van der Waals surface area contributed by atoms with Gasteiger partial charge in [0.25, 0.3) is 0 Å². The second-order valence-electron chi connectivity index (χ2n) is 7.95. The van der Waals surface area contributed by atoms with E-state index in [1.54, 1.807) is 4.31 Å². The first-order chi connectivity index (χ1) is 9.49. The van der Waals surface area contributed by atoms with Crippen molar-refractivity contribution in [1.82, 2.24) is 9.62 Å². The number of hydrogen-bond donors (Lipinski definition) is 1. The molecule has 21 heavy (non-hydrogen) atoms. The zero-order valence-electron chi connectivity index (χ0n) is 14.6. The van der Waals surface area contributed by atoms with E-state index in [-0.39, 0.29) is 5.54 Å². The Morgan fingerprint density at radius 3 is 2.38 bits per heavy atom. The molecule has 1 heterocycles. The molecule has 0 saturated carbocycles. The average Bonchev–Trinajstić information content (AvgIpc) is 2.34. The van der Waals surface area contributed by atoms with Gasteiger partial charge in [-0.3, -0.25) is 0 Å². The molecule has 1 aliphatic heterocycles. The van der Waals surface area contributed by atoms with Crippen LogP contribution in [0.4, 0.5) is 0 Å². The zero-order chi connectivity index (χ0) is 16.3.